The van der Waals surface area contributed by atoms with E-state index < -0.39 is 0 Å². The minimum absolute atomic E-state index is 0.845. The summed E-state index contributed by atoms with van der Waals surface area (Å²) >= 11 is 3.50. The van der Waals surface area contributed by atoms with Gasteiger partial charge < -0.3 is 9.80 Å². The molecule has 1 fully saturated rings. The summed E-state index contributed by atoms with van der Waals surface area (Å²) in [5.41, 5.74) is 1.24. The van der Waals surface area contributed by atoms with Crippen molar-refractivity contribution in [2.24, 2.45) is 5.92 Å². The fraction of sp³-hybridized carbons (Fsp3) is 0.667. The van der Waals surface area contributed by atoms with E-state index in [1.165, 1.54) is 37.9 Å². The van der Waals surface area contributed by atoms with Crippen LogP contribution in [0.15, 0.2) is 16.7 Å². The Morgan fingerprint density at radius 3 is 3.00 bits per heavy atom. The third kappa shape index (κ3) is 4.18. The molecule has 1 aliphatic heterocycles. The highest BCUT2D eigenvalue weighted by atomic mass is 79.9. The molecule has 0 aliphatic carbocycles. The van der Waals surface area contributed by atoms with Crippen LogP contribution in [0.25, 0.3) is 0 Å². The molecule has 106 valence electrons. The molecule has 1 aromatic heterocycles. The van der Waals surface area contributed by atoms with Gasteiger partial charge in [0.2, 0.25) is 0 Å². The molecular formula is C15H24BrN3. The third-order valence-corrected chi connectivity index (χ3v) is 4.85. The quantitative estimate of drug-likeness (QED) is 0.846. The standard InChI is InChI=1S/C15H24BrN3/c1-12-9-15(17-10-14(12)16)19(3)8-6-13-5-4-7-18(2)11-13/h9-10,13H,4-8,11H2,1-3H3. The molecule has 1 aliphatic rings. The molecule has 0 saturated carbocycles. The molecular weight excluding hydrogens is 302 g/mol. The first-order valence-corrected chi connectivity index (χ1v) is 7.87. The average molecular weight is 326 g/mol. The fourth-order valence-corrected chi connectivity index (χ4v) is 2.95. The number of rotatable bonds is 4. The summed E-state index contributed by atoms with van der Waals surface area (Å²) in [6.07, 6.45) is 5.89. The SMILES string of the molecule is Cc1cc(N(C)CCC2CCCN(C)C2)ncc1Br. The second kappa shape index (κ2) is 6.71. The normalized spacial score (nSPS) is 20.5. The van der Waals surface area contributed by atoms with Crippen molar-refractivity contribution in [3.05, 3.63) is 22.3 Å². The van der Waals surface area contributed by atoms with Crippen LogP contribution in [-0.2, 0) is 0 Å². The van der Waals surface area contributed by atoms with E-state index in [9.17, 15) is 0 Å². The van der Waals surface area contributed by atoms with Gasteiger partial charge in [0, 0.05) is 30.8 Å². The van der Waals surface area contributed by atoms with Crippen molar-refractivity contribution in [3.8, 4) is 0 Å². The van der Waals surface area contributed by atoms with Crippen molar-refractivity contribution >= 4 is 21.7 Å². The Kier molecular flexibility index (Phi) is 5.22. The molecule has 0 aromatic carbocycles. The second-order valence-corrected chi connectivity index (χ2v) is 6.63. The molecule has 0 spiro atoms. The van der Waals surface area contributed by atoms with Gasteiger partial charge in [0.1, 0.15) is 5.82 Å². The predicted molar refractivity (Wildman–Crippen MR) is 84.8 cm³/mol. The zero-order valence-corrected chi connectivity index (χ0v) is 13.8. The van der Waals surface area contributed by atoms with Crippen molar-refractivity contribution in [2.75, 3.05) is 38.6 Å². The van der Waals surface area contributed by atoms with E-state index in [4.69, 9.17) is 0 Å². The van der Waals surface area contributed by atoms with Gasteiger partial charge in [-0.25, -0.2) is 4.98 Å². The first-order valence-electron chi connectivity index (χ1n) is 7.08. The molecule has 2 rings (SSSR count). The Bertz CT molecular complexity index is 422. The number of likely N-dealkylation sites (tertiary alicyclic amines) is 1. The Morgan fingerprint density at radius 1 is 1.53 bits per heavy atom. The molecule has 1 atom stereocenters. The Labute approximate surface area is 125 Å². The maximum atomic E-state index is 4.49. The van der Waals surface area contributed by atoms with Crippen molar-refractivity contribution in [1.29, 1.82) is 0 Å². The summed E-state index contributed by atoms with van der Waals surface area (Å²) < 4.78 is 1.08. The molecule has 0 radical (unpaired) electrons. The summed E-state index contributed by atoms with van der Waals surface area (Å²) in [5, 5.41) is 0. The highest BCUT2D eigenvalue weighted by molar-refractivity contribution is 9.10. The number of pyridine rings is 1. The second-order valence-electron chi connectivity index (χ2n) is 5.77. The number of nitrogens with zero attached hydrogens (tertiary/aromatic N) is 3. The van der Waals surface area contributed by atoms with Gasteiger partial charge in [0.25, 0.3) is 0 Å². The minimum Gasteiger partial charge on any atom is -0.360 e. The van der Waals surface area contributed by atoms with Gasteiger partial charge in [-0.2, -0.15) is 0 Å². The lowest BCUT2D eigenvalue weighted by Crippen LogP contribution is -2.34. The highest BCUT2D eigenvalue weighted by Gasteiger charge is 2.17. The number of aryl methyl sites for hydroxylation is 1. The van der Waals surface area contributed by atoms with E-state index in [-0.39, 0.29) is 0 Å². The van der Waals surface area contributed by atoms with Gasteiger partial charge in [-0.1, -0.05) is 0 Å². The minimum atomic E-state index is 0.845. The maximum absolute atomic E-state index is 4.49. The van der Waals surface area contributed by atoms with Crippen LogP contribution in [-0.4, -0.2) is 43.6 Å². The van der Waals surface area contributed by atoms with Crippen LogP contribution in [0, 0.1) is 12.8 Å². The Balaban J connectivity index is 1.86. The summed E-state index contributed by atoms with van der Waals surface area (Å²) in [5.74, 6) is 1.92. The molecule has 0 N–H and O–H groups in total. The summed E-state index contributed by atoms with van der Waals surface area (Å²) in [7, 11) is 4.37. The molecule has 2 heterocycles. The molecule has 1 saturated heterocycles. The molecule has 4 heteroatoms. The number of anilines is 1. The van der Waals surface area contributed by atoms with Crippen LogP contribution in [0.1, 0.15) is 24.8 Å². The van der Waals surface area contributed by atoms with Gasteiger partial charge in [-0.15, -0.1) is 0 Å². The molecule has 3 nitrogen and oxygen atoms in total. The van der Waals surface area contributed by atoms with Crippen LogP contribution in [0.4, 0.5) is 5.82 Å². The van der Waals surface area contributed by atoms with E-state index in [1.54, 1.807) is 0 Å². The third-order valence-electron chi connectivity index (χ3n) is 4.02. The fourth-order valence-electron chi connectivity index (χ4n) is 2.73. The molecule has 19 heavy (non-hydrogen) atoms. The van der Waals surface area contributed by atoms with Gasteiger partial charge in [0.05, 0.1) is 0 Å². The molecule has 1 unspecified atom stereocenters. The topological polar surface area (TPSA) is 19.4 Å². The average Bonchev–Trinajstić information content (AvgIpc) is 2.39. The van der Waals surface area contributed by atoms with Crippen molar-refractivity contribution in [1.82, 2.24) is 9.88 Å². The van der Waals surface area contributed by atoms with Crippen LogP contribution < -0.4 is 4.90 Å². The van der Waals surface area contributed by atoms with Crippen molar-refractivity contribution < 1.29 is 0 Å². The largest absolute Gasteiger partial charge is 0.360 e. The highest BCUT2D eigenvalue weighted by Crippen LogP contribution is 2.22. The molecule has 0 amide bonds. The number of hydrogen-bond donors (Lipinski definition) is 0. The van der Waals surface area contributed by atoms with Crippen LogP contribution in [0.2, 0.25) is 0 Å². The van der Waals surface area contributed by atoms with Crippen molar-refractivity contribution in [2.45, 2.75) is 26.2 Å². The van der Waals surface area contributed by atoms with Crippen LogP contribution in [0.5, 0.6) is 0 Å². The lowest BCUT2D eigenvalue weighted by molar-refractivity contribution is 0.203. The molecule has 1 aromatic rings. The smallest absolute Gasteiger partial charge is 0.128 e. The first-order chi connectivity index (χ1) is 9.06. The van der Waals surface area contributed by atoms with E-state index in [2.05, 4.69) is 57.8 Å². The number of piperidine rings is 1. The summed E-state index contributed by atoms with van der Waals surface area (Å²) in [6, 6.07) is 2.15. The number of halogens is 1. The molecule has 0 bridgehead atoms. The summed E-state index contributed by atoms with van der Waals surface area (Å²) in [6.45, 7) is 5.71. The van der Waals surface area contributed by atoms with Gasteiger partial charge in [-0.05, 0) is 73.3 Å². The van der Waals surface area contributed by atoms with Crippen LogP contribution in [0.3, 0.4) is 0 Å². The Morgan fingerprint density at radius 2 is 2.32 bits per heavy atom. The number of hydrogen-bond acceptors (Lipinski definition) is 3. The zero-order chi connectivity index (χ0) is 13.8. The summed E-state index contributed by atoms with van der Waals surface area (Å²) in [4.78, 5) is 9.21. The van der Waals surface area contributed by atoms with Gasteiger partial charge in [0.15, 0.2) is 0 Å². The van der Waals surface area contributed by atoms with Gasteiger partial charge in [-0.3, -0.25) is 0 Å². The monoisotopic (exact) mass is 325 g/mol. The van der Waals surface area contributed by atoms with E-state index >= 15 is 0 Å². The lowest BCUT2D eigenvalue weighted by Gasteiger charge is -2.31. The number of aromatic nitrogens is 1. The van der Waals surface area contributed by atoms with E-state index in [0.29, 0.717) is 0 Å². The van der Waals surface area contributed by atoms with E-state index in [1.807, 2.05) is 6.20 Å². The van der Waals surface area contributed by atoms with Crippen molar-refractivity contribution in [3.63, 3.8) is 0 Å². The predicted octanol–water partition coefficient (Wildman–Crippen LogP) is 3.32. The van der Waals surface area contributed by atoms with Gasteiger partial charge >= 0.3 is 0 Å². The van der Waals surface area contributed by atoms with Crippen LogP contribution >= 0.6 is 15.9 Å². The maximum Gasteiger partial charge on any atom is 0.128 e. The first kappa shape index (κ1) is 14.8. The van der Waals surface area contributed by atoms with E-state index in [0.717, 1.165) is 22.8 Å². The lowest BCUT2D eigenvalue weighted by atomic mass is 9.95. The zero-order valence-electron chi connectivity index (χ0n) is 12.2. The Hall–Kier alpha value is -0.610.